The molecule has 1 rings (SSSR count). The van der Waals surface area contributed by atoms with Crippen molar-refractivity contribution in [3.63, 3.8) is 0 Å². The number of aromatic nitrogens is 2. The van der Waals surface area contributed by atoms with E-state index >= 15 is 0 Å². The number of hydrogen-bond donors (Lipinski definition) is 1. The summed E-state index contributed by atoms with van der Waals surface area (Å²) in [4.78, 5) is 2.22. The van der Waals surface area contributed by atoms with Gasteiger partial charge in [-0.2, -0.15) is 5.10 Å². The minimum atomic E-state index is 0.483. The molecule has 0 fully saturated rings. The van der Waals surface area contributed by atoms with Gasteiger partial charge in [-0.25, -0.2) is 0 Å². The summed E-state index contributed by atoms with van der Waals surface area (Å²) in [6, 6.07) is 2.72. The standard InChI is InChI=1S/C13H26N4/c1-6-11-8-13(17(7-2)15-11)9-12(14-3)10-16(4)5/h8,12,14H,6-7,9-10H2,1-5H3. The highest BCUT2D eigenvalue weighted by Gasteiger charge is 2.13. The molecule has 17 heavy (non-hydrogen) atoms. The molecule has 1 atom stereocenters. The Morgan fingerprint density at radius 2 is 2.12 bits per heavy atom. The van der Waals surface area contributed by atoms with Gasteiger partial charge >= 0.3 is 0 Å². The molecule has 1 aromatic rings. The number of nitrogens with one attached hydrogen (secondary N) is 1. The van der Waals surface area contributed by atoms with E-state index in [1.807, 2.05) is 7.05 Å². The van der Waals surface area contributed by atoms with Gasteiger partial charge < -0.3 is 10.2 Å². The fourth-order valence-corrected chi connectivity index (χ4v) is 2.08. The molecule has 0 aromatic carbocycles. The molecule has 1 unspecified atom stereocenters. The first kappa shape index (κ1) is 14.2. The molecule has 0 bridgehead atoms. The van der Waals surface area contributed by atoms with Crippen LogP contribution in [0, 0.1) is 0 Å². The van der Waals surface area contributed by atoms with Crippen molar-refractivity contribution in [1.29, 1.82) is 0 Å². The van der Waals surface area contributed by atoms with Crippen molar-refractivity contribution in [3.05, 3.63) is 17.5 Å². The van der Waals surface area contributed by atoms with E-state index in [1.165, 1.54) is 11.4 Å². The normalized spacial score (nSPS) is 13.3. The molecule has 0 saturated heterocycles. The average molecular weight is 238 g/mol. The van der Waals surface area contributed by atoms with Crippen molar-refractivity contribution in [2.45, 2.75) is 39.3 Å². The maximum Gasteiger partial charge on any atom is 0.0624 e. The van der Waals surface area contributed by atoms with Crippen LogP contribution in [0.2, 0.25) is 0 Å². The Morgan fingerprint density at radius 1 is 1.41 bits per heavy atom. The Morgan fingerprint density at radius 3 is 2.59 bits per heavy atom. The lowest BCUT2D eigenvalue weighted by Gasteiger charge is -2.20. The Kier molecular flexibility index (Phi) is 5.65. The fourth-order valence-electron chi connectivity index (χ4n) is 2.08. The molecule has 0 aliphatic rings. The van der Waals surface area contributed by atoms with Crippen LogP contribution in [0.4, 0.5) is 0 Å². The second-order valence-electron chi connectivity index (χ2n) is 4.75. The summed E-state index contributed by atoms with van der Waals surface area (Å²) in [6.45, 7) is 6.30. The van der Waals surface area contributed by atoms with Crippen LogP contribution < -0.4 is 5.32 Å². The molecule has 1 aromatic heterocycles. The van der Waals surface area contributed by atoms with Crippen LogP contribution in [0.3, 0.4) is 0 Å². The summed E-state index contributed by atoms with van der Waals surface area (Å²) < 4.78 is 2.12. The first-order chi connectivity index (χ1) is 8.10. The van der Waals surface area contributed by atoms with E-state index in [0.29, 0.717) is 6.04 Å². The molecule has 0 spiro atoms. The minimum absolute atomic E-state index is 0.483. The second-order valence-corrected chi connectivity index (χ2v) is 4.75. The van der Waals surface area contributed by atoms with E-state index in [0.717, 1.165) is 25.9 Å². The summed E-state index contributed by atoms with van der Waals surface area (Å²) in [5.41, 5.74) is 2.53. The van der Waals surface area contributed by atoms with Gasteiger partial charge in [-0.15, -0.1) is 0 Å². The van der Waals surface area contributed by atoms with Gasteiger partial charge in [0, 0.05) is 31.2 Å². The molecule has 0 saturated carbocycles. The van der Waals surface area contributed by atoms with Crippen molar-refractivity contribution in [2.24, 2.45) is 0 Å². The summed E-state index contributed by atoms with van der Waals surface area (Å²) in [7, 11) is 6.25. The molecule has 98 valence electrons. The molecule has 0 aliphatic heterocycles. The van der Waals surface area contributed by atoms with E-state index in [2.05, 4.69) is 54.0 Å². The van der Waals surface area contributed by atoms with Crippen LogP contribution in [-0.2, 0) is 19.4 Å². The lowest BCUT2D eigenvalue weighted by atomic mass is 10.1. The highest BCUT2D eigenvalue weighted by molar-refractivity contribution is 5.12. The molecular weight excluding hydrogens is 212 g/mol. The fraction of sp³-hybridized carbons (Fsp3) is 0.769. The topological polar surface area (TPSA) is 33.1 Å². The van der Waals surface area contributed by atoms with E-state index in [4.69, 9.17) is 0 Å². The van der Waals surface area contributed by atoms with Crippen LogP contribution in [0.5, 0.6) is 0 Å². The van der Waals surface area contributed by atoms with Gasteiger partial charge in [0.2, 0.25) is 0 Å². The third kappa shape index (κ3) is 4.13. The Bertz CT molecular complexity index is 330. The van der Waals surface area contributed by atoms with Crippen LogP contribution in [0.1, 0.15) is 25.2 Å². The monoisotopic (exact) mass is 238 g/mol. The second kappa shape index (κ2) is 6.77. The average Bonchev–Trinajstić information content (AvgIpc) is 2.69. The van der Waals surface area contributed by atoms with Crippen molar-refractivity contribution in [2.75, 3.05) is 27.7 Å². The third-order valence-corrected chi connectivity index (χ3v) is 3.03. The van der Waals surface area contributed by atoms with Crippen molar-refractivity contribution in [3.8, 4) is 0 Å². The SMILES string of the molecule is CCc1cc(CC(CN(C)C)NC)n(CC)n1. The largest absolute Gasteiger partial charge is 0.315 e. The smallest absolute Gasteiger partial charge is 0.0624 e. The zero-order valence-corrected chi connectivity index (χ0v) is 11.8. The van der Waals surface area contributed by atoms with Crippen LogP contribution in [0.25, 0.3) is 0 Å². The number of hydrogen-bond acceptors (Lipinski definition) is 3. The summed E-state index contributed by atoms with van der Waals surface area (Å²) in [6.07, 6.45) is 2.05. The zero-order chi connectivity index (χ0) is 12.8. The van der Waals surface area contributed by atoms with Gasteiger partial charge in [0.05, 0.1) is 5.69 Å². The van der Waals surface area contributed by atoms with E-state index in [1.54, 1.807) is 0 Å². The molecule has 1 N–H and O–H groups in total. The highest BCUT2D eigenvalue weighted by atomic mass is 15.3. The van der Waals surface area contributed by atoms with Crippen LogP contribution in [-0.4, -0.2) is 48.4 Å². The Balaban J connectivity index is 2.73. The number of aryl methyl sites for hydroxylation is 2. The van der Waals surface area contributed by atoms with Crippen LogP contribution in [0.15, 0.2) is 6.07 Å². The van der Waals surface area contributed by atoms with E-state index in [9.17, 15) is 0 Å². The first-order valence-electron chi connectivity index (χ1n) is 6.48. The van der Waals surface area contributed by atoms with Gasteiger partial charge in [0.15, 0.2) is 0 Å². The summed E-state index contributed by atoms with van der Waals surface area (Å²) in [5, 5.41) is 7.97. The van der Waals surface area contributed by atoms with Gasteiger partial charge in [-0.1, -0.05) is 6.92 Å². The Hall–Kier alpha value is -0.870. The van der Waals surface area contributed by atoms with Gasteiger partial charge in [-0.3, -0.25) is 4.68 Å². The quantitative estimate of drug-likeness (QED) is 0.774. The van der Waals surface area contributed by atoms with Gasteiger partial charge in [0.1, 0.15) is 0 Å². The minimum Gasteiger partial charge on any atom is -0.315 e. The molecule has 1 heterocycles. The predicted molar refractivity (Wildman–Crippen MR) is 72.4 cm³/mol. The molecule has 4 nitrogen and oxygen atoms in total. The predicted octanol–water partition coefficient (Wildman–Crippen LogP) is 1.16. The molecule has 0 radical (unpaired) electrons. The van der Waals surface area contributed by atoms with Gasteiger partial charge in [-0.05, 0) is 40.6 Å². The van der Waals surface area contributed by atoms with Crippen LogP contribution >= 0.6 is 0 Å². The zero-order valence-electron chi connectivity index (χ0n) is 11.8. The maximum absolute atomic E-state index is 4.59. The maximum atomic E-state index is 4.59. The number of likely N-dealkylation sites (N-methyl/N-ethyl adjacent to an activating group) is 2. The number of rotatable bonds is 7. The molecular formula is C13H26N4. The third-order valence-electron chi connectivity index (χ3n) is 3.03. The molecule has 0 aliphatic carbocycles. The van der Waals surface area contributed by atoms with Crippen molar-refractivity contribution in [1.82, 2.24) is 20.0 Å². The summed E-state index contributed by atoms with van der Waals surface area (Å²) in [5.74, 6) is 0. The lowest BCUT2D eigenvalue weighted by Crippen LogP contribution is -2.38. The number of nitrogens with zero attached hydrogens (tertiary/aromatic N) is 3. The van der Waals surface area contributed by atoms with Gasteiger partial charge in [0.25, 0.3) is 0 Å². The van der Waals surface area contributed by atoms with E-state index < -0.39 is 0 Å². The van der Waals surface area contributed by atoms with E-state index in [-0.39, 0.29) is 0 Å². The molecule has 4 heteroatoms. The highest BCUT2D eigenvalue weighted by Crippen LogP contribution is 2.08. The van der Waals surface area contributed by atoms with Crippen molar-refractivity contribution < 1.29 is 0 Å². The summed E-state index contributed by atoms with van der Waals surface area (Å²) >= 11 is 0. The Labute approximate surface area is 105 Å². The lowest BCUT2D eigenvalue weighted by molar-refractivity contribution is 0.343. The molecule has 0 amide bonds. The van der Waals surface area contributed by atoms with Crippen molar-refractivity contribution >= 4 is 0 Å². The first-order valence-corrected chi connectivity index (χ1v) is 6.48.